The Morgan fingerprint density at radius 3 is 2.28 bits per heavy atom. The van der Waals surface area contributed by atoms with Crippen molar-refractivity contribution in [1.29, 1.82) is 0 Å². The summed E-state index contributed by atoms with van der Waals surface area (Å²) >= 11 is 0. The normalized spacial score (nSPS) is 11.3. The number of nitrogens with zero attached hydrogens (tertiary/aromatic N) is 1. The molecule has 0 saturated carbocycles. The van der Waals surface area contributed by atoms with Gasteiger partial charge in [0, 0.05) is 5.56 Å². The molecule has 0 spiro atoms. The molecule has 1 N–H and O–H groups in total. The summed E-state index contributed by atoms with van der Waals surface area (Å²) in [5, 5.41) is 3.08. The van der Waals surface area contributed by atoms with Gasteiger partial charge in [0.2, 0.25) is 11.8 Å². The van der Waals surface area contributed by atoms with Crippen molar-refractivity contribution in [3.8, 4) is 11.5 Å². The summed E-state index contributed by atoms with van der Waals surface area (Å²) in [6.07, 6.45) is 0.193. The Morgan fingerprint density at radius 2 is 1.64 bits per heavy atom. The van der Waals surface area contributed by atoms with Crippen LogP contribution in [0.15, 0.2) is 65.1 Å². The molecule has 0 fully saturated rings. The second-order valence-electron chi connectivity index (χ2n) is 6.60. The Kier molecular flexibility index (Phi) is 4.70. The predicted octanol–water partition coefficient (Wildman–Crippen LogP) is 4.24. The Bertz CT molecular complexity index is 852. The highest BCUT2D eigenvalue weighted by atomic mass is 16.4. The van der Waals surface area contributed by atoms with Gasteiger partial charge in [-0.15, -0.1) is 0 Å². The average Bonchev–Trinajstić information content (AvgIpc) is 2.96. The van der Waals surface area contributed by atoms with E-state index in [0.717, 1.165) is 11.1 Å². The number of carbonyl (C=O) groups is 1. The number of benzene rings is 2. The van der Waals surface area contributed by atoms with E-state index in [4.69, 9.17) is 4.42 Å². The third kappa shape index (κ3) is 3.97. The highest BCUT2D eigenvalue weighted by Crippen LogP contribution is 2.23. The molecular formula is C21H22N2O2. The number of aromatic nitrogens is 1. The lowest BCUT2D eigenvalue weighted by Crippen LogP contribution is -2.41. The minimum Gasteiger partial charge on any atom is -0.441 e. The van der Waals surface area contributed by atoms with Gasteiger partial charge in [-0.3, -0.25) is 4.79 Å². The van der Waals surface area contributed by atoms with Gasteiger partial charge in [-0.2, -0.15) is 0 Å². The molecule has 4 nitrogen and oxygen atoms in total. The zero-order valence-electron chi connectivity index (χ0n) is 14.7. The minimum atomic E-state index is -0.446. The van der Waals surface area contributed by atoms with Crippen molar-refractivity contribution in [3.63, 3.8) is 0 Å². The molecule has 0 aliphatic rings. The third-order valence-electron chi connectivity index (χ3n) is 4.19. The van der Waals surface area contributed by atoms with Crippen LogP contribution in [0.4, 0.5) is 0 Å². The molecule has 3 aromatic rings. The summed E-state index contributed by atoms with van der Waals surface area (Å²) < 4.78 is 5.73. The zero-order chi connectivity index (χ0) is 17.9. The highest BCUT2D eigenvalue weighted by Gasteiger charge is 2.24. The molecule has 1 heterocycles. The average molecular weight is 334 g/mol. The van der Waals surface area contributed by atoms with Crippen LogP contribution in [0.25, 0.3) is 11.5 Å². The number of amides is 1. The van der Waals surface area contributed by atoms with E-state index in [-0.39, 0.29) is 12.3 Å². The smallest absolute Gasteiger partial charge is 0.226 e. The van der Waals surface area contributed by atoms with E-state index >= 15 is 0 Å². The van der Waals surface area contributed by atoms with Crippen molar-refractivity contribution in [2.24, 2.45) is 0 Å². The third-order valence-corrected chi connectivity index (χ3v) is 4.19. The number of carbonyl (C=O) groups excluding carboxylic acids is 1. The topological polar surface area (TPSA) is 55.1 Å². The number of rotatable bonds is 5. The first-order chi connectivity index (χ1) is 12.0. The molecule has 0 atom stereocenters. The number of hydrogen-bond acceptors (Lipinski definition) is 3. The van der Waals surface area contributed by atoms with Gasteiger partial charge in [0.1, 0.15) is 5.76 Å². The first-order valence-electron chi connectivity index (χ1n) is 8.34. The monoisotopic (exact) mass is 334 g/mol. The van der Waals surface area contributed by atoms with E-state index in [2.05, 4.69) is 10.3 Å². The van der Waals surface area contributed by atoms with Crippen LogP contribution in [-0.2, 0) is 16.8 Å². The van der Waals surface area contributed by atoms with Crippen molar-refractivity contribution < 1.29 is 9.21 Å². The van der Waals surface area contributed by atoms with E-state index in [9.17, 15) is 4.79 Å². The molecule has 4 heteroatoms. The Hall–Kier alpha value is -2.88. The van der Waals surface area contributed by atoms with Crippen molar-refractivity contribution in [3.05, 3.63) is 77.7 Å². The molecule has 0 saturated heterocycles. The Morgan fingerprint density at radius 1 is 1.04 bits per heavy atom. The van der Waals surface area contributed by atoms with Gasteiger partial charge in [-0.25, -0.2) is 4.98 Å². The molecule has 128 valence electrons. The summed E-state index contributed by atoms with van der Waals surface area (Å²) in [6, 6.07) is 19.6. The summed E-state index contributed by atoms with van der Waals surface area (Å²) in [7, 11) is 0. The molecule has 0 aliphatic carbocycles. The summed E-state index contributed by atoms with van der Waals surface area (Å²) in [4.78, 5) is 17.0. The molecule has 1 amide bonds. The molecular weight excluding hydrogens is 312 g/mol. The van der Waals surface area contributed by atoms with Crippen LogP contribution in [0.2, 0.25) is 0 Å². The fourth-order valence-electron chi connectivity index (χ4n) is 2.77. The lowest BCUT2D eigenvalue weighted by atomic mass is 9.94. The molecule has 0 radical (unpaired) electrons. The van der Waals surface area contributed by atoms with Crippen molar-refractivity contribution >= 4 is 5.91 Å². The van der Waals surface area contributed by atoms with Gasteiger partial charge >= 0.3 is 0 Å². The lowest BCUT2D eigenvalue weighted by Gasteiger charge is -2.26. The van der Waals surface area contributed by atoms with Crippen LogP contribution in [-0.4, -0.2) is 10.9 Å². The van der Waals surface area contributed by atoms with Crippen molar-refractivity contribution in [1.82, 2.24) is 10.3 Å². The number of nitrogens with one attached hydrogen (secondary N) is 1. The van der Waals surface area contributed by atoms with Gasteiger partial charge in [0.15, 0.2) is 0 Å². The van der Waals surface area contributed by atoms with E-state index in [1.54, 1.807) is 0 Å². The molecule has 0 bridgehead atoms. The maximum absolute atomic E-state index is 12.5. The van der Waals surface area contributed by atoms with Crippen molar-refractivity contribution in [2.75, 3.05) is 0 Å². The first kappa shape index (κ1) is 17.0. The predicted molar refractivity (Wildman–Crippen MR) is 98.0 cm³/mol. The SMILES string of the molecule is Cc1oc(-c2ccccc2)nc1CC(=O)NC(C)(C)c1ccccc1. The Balaban J connectivity index is 1.72. The Labute approximate surface area is 147 Å². The zero-order valence-corrected chi connectivity index (χ0v) is 14.7. The quantitative estimate of drug-likeness (QED) is 0.759. The van der Waals surface area contributed by atoms with Crippen LogP contribution in [0.3, 0.4) is 0 Å². The van der Waals surface area contributed by atoms with Crippen LogP contribution >= 0.6 is 0 Å². The summed E-state index contributed by atoms with van der Waals surface area (Å²) in [5.74, 6) is 1.14. The fraction of sp³-hybridized carbons (Fsp3) is 0.238. The fourth-order valence-corrected chi connectivity index (χ4v) is 2.77. The second kappa shape index (κ2) is 6.93. The first-order valence-corrected chi connectivity index (χ1v) is 8.34. The van der Waals surface area contributed by atoms with Crippen molar-refractivity contribution in [2.45, 2.75) is 32.7 Å². The van der Waals surface area contributed by atoms with Gasteiger partial charge in [0.25, 0.3) is 0 Å². The minimum absolute atomic E-state index is 0.0788. The van der Waals surface area contributed by atoms with Crippen LogP contribution in [0.1, 0.15) is 30.9 Å². The van der Waals surface area contributed by atoms with Gasteiger partial charge < -0.3 is 9.73 Å². The van der Waals surface area contributed by atoms with Gasteiger partial charge in [-0.05, 0) is 38.5 Å². The van der Waals surface area contributed by atoms with E-state index in [0.29, 0.717) is 17.3 Å². The van der Waals surface area contributed by atoms with E-state index in [1.807, 2.05) is 81.4 Å². The molecule has 0 unspecified atom stereocenters. The molecule has 25 heavy (non-hydrogen) atoms. The number of aryl methyl sites for hydroxylation is 1. The molecule has 0 aliphatic heterocycles. The number of hydrogen-bond donors (Lipinski definition) is 1. The van der Waals surface area contributed by atoms with Crippen LogP contribution in [0.5, 0.6) is 0 Å². The van der Waals surface area contributed by atoms with E-state index < -0.39 is 5.54 Å². The maximum Gasteiger partial charge on any atom is 0.226 e. The lowest BCUT2D eigenvalue weighted by molar-refractivity contribution is -0.122. The molecule has 2 aromatic carbocycles. The van der Waals surface area contributed by atoms with Crippen LogP contribution < -0.4 is 5.32 Å². The molecule has 1 aromatic heterocycles. The van der Waals surface area contributed by atoms with Crippen LogP contribution in [0, 0.1) is 6.92 Å². The molecule has 3 rings (SSSR count). The largest absolute Gasteiger partial charge is 0.441 e. The maximum atomic E-state index is 12.5. The number of oxazole rings is 1. The summed E-state index contributed by atoms with van der Waals surface area (Å²) in [5.41, 5.74) is 2.19. The highest BCUT2D eigenvalue weighted by molar-refractivity contribution is 5.79. The van der Waals surface area contributed by atoms with Gasteiger partial charge in [0.05, 0.1) is 17.7 Å². The summed E-state index contributed by atoms with van der Waals surface area (Å²) in [6.45, 7) is 5.82. The standard InChI is InChI=1S/C21H22N2O2/c1-15-18(22-20(25-15)16-10-6-4-7-11-16)14-19(24)23-21(2,3)17-12-8-5-9-13-17/h4-13H,14H2,1-3H3,(H,23,24). The van der Waals surface area contributed by atoms with E-state index in [1.165, 1.54) is 0 Å². The second-order valence-corrected chi connectivity index (χ2v) is 6.60. The van der Waals surface area contributed by atoms with Gasteiger partial charge in [-0.1, -0.05) is 48.5 Å².